The number of hydrogen-bond donors (Lipinski definition) is 2. The normalized spacial score (nSPS) is 21.2. The fourth-order valence-corrected chi connectivity index (χ4v) is 3.14. The lowest BCUT2D eigenvalue weighted by atomic mass is 9.80. The molecule has 0 aromatic carbocycles. The fourth-order valence-electron chi connectivity index (χ4n) is 3.14. The molecule has 3 heterocycles. The van der Waals surface area contributed by atoms with Crippen LogP contribution in [0, 0.1) is 0 Å². The van der Waals surface area contributed by atoms with Crippen LogP contribution in [0.15, 0.2) is 6.20 Å². The predicted molar refractivity (Wildman–Crippen MR) is 78.9 cm³/mol. The van der Waals surface area contributed by atoms with Gasteiger partial charge in [0.15, 0.2) is 0 Å². The van der Waals surface area contributed by atoms with Crippen LogP contribution in [0.4, 0.5) is 4.79 Å². The van der Waals surface area contributed by atoms with Crippen LogP contribution >= 0.6 is 0 Å². The van der Waals surface area contributed by atoms with Crippen LogP contribution in [-0.2, 0) is 17.7 Å². The summed E-state index contributed by atoms with van der Waals surface area (Å²) in [4.78, 5) is 13.9. The third kappa shape index (κ3) is 3.05. The minimum absolute atomic E-state index is 0.107. The molecule has 0 bridgehead atoms. The molecule has 3 rings (SSSR count). The molecule has 6 nitrogen and oxygen atoms in total. The number of nitrogens with zero attached hydrogens (tertiary/aromatic N) is 2. The maximum Gasteiger partial charge on any atom is 0.410 e. The fraction of sp³-hybridized carbons (Fsp3) is 0.733. The van der Waals surface area contributed by atoms with E-state index in [0.29, 0.717) is 0 Å². The Hall–Kier alpha value is -1.56. The summed E-state index contributed by atoms with van der Waals surface area (Å²) in [6.45, 7) is 8.03. The van der Waals surface area contributed by atoms with E-state index in [1.165, 1.54) is 11.3 Å². The number of ether oxygens (including phenoxy) is 1. The van der Waals surface area contributed by atoms with Gasteiger partial charge in [0.05, 0.1) is 11.9 Å². The number of likely N-dealkylation sites (tertiary alicyclic amines) is 1. The lowest BCUT2D eigenvalue weighted by molar-refractivity contribution is 0.0140. The van der Waals surface area contributed by atoms with Crippen molar-refractivity contribution in [3.05, 3.63) is 17.5 Å². The van der Waals surface area contributed by atoms with Gasteiger partial charge in [-0.2, -0.15) is 5.10 Å². The second-order valence-electron chi connectivity index (χ2n) is 7.15. The lowest BCUT2D eigenvalue weighted by Gasteiger charge is -2.44. The number of aromatic amines is 1. The number of fused-ring (bicyclic) bond motifs is 1. The zero-order valence-electron chi connectivity index (χ0n) is 13.0. The van der Waals surface area contributed by atoms with Gasteiger partial charge in [0, 0.05) is 25.2 Å². The summed E-state index contributed by atoms with van der Waals surface area (Å²) in [6, 6.07) is 0. The molecule has 6 heteroatoms. The number of rotatable bonds is 0. The first-order valence-corrected chi connectivity index (χ1v) is 7.61. The van der Waals surface area contributed by atoms with Crippen molar-refractivity contribution in [2.45, 2.75) is 57.7 Å². The highest BCUT2D eigenvalue weighted by molar-refractivity contribution is 5.68. The van der Waals surface area contributed by atoms with E-state index in [9.17, 15) is 4.79 Å². The quantitative estimate of drug-likeness (QED) is 0.765. The molecule has 1 spiro atoms. The van der Waals surface area contributed by atoms with Crippen LogP contribution in [0.5, 0.6) is 0 Å². The molecule has 1 aromatic rings. The minimum Gasteiger partial charge on any atom is -0.444 e. The molecule has 0 radical (unpaired) electrons. The van der Waals surface area contributed by atoms with Crippen molar-refractivity contribution in [2.75, 3.05) is 13.1 Å². The smallest absolute Gasteiger partial charge is 0.410 e. The van der Waals surface area contributed by atoms with Crippen LogP contribution in [0.25, 0.3) is 0 Å². The number of carbonyl (C=O) groups is 1. The van der Waals surface area contributed by atoms with E-state index in [0.717, 1.165) is 38.9 Å². The number of piperidine rings is 1. The molecule has 1 saturated heterocycles. The molecule has 0 saturated carbocycles. The van der Waals surface area contributed by atoms with Gasteiger partial charge in [-0.3, -0.25) is 5.10 Å². The second kappa shape index (κ2) is 5.02. The van der Waals surface area contributed by atoms with Crippen molar-refractivity contribution >= 4 is 6.09 Å². The van der Waals surface area contributed by atoms with Gasteiger partial charge >= 0.3 is 6.09 Å². The minimum atomic E-state index is -0.430. The summed E-state index contributed by atoms with van der Waals surface area (Å²) < 4.78 is 5.45. The summed E-state index contributed by atoms with van der Waals surface area (Å²) in [5, 5.41) is 10.8. The molecular weight excluding hydrogens is 268 g/mol. The van der Waals surface area contributed by atoms with E-state index < -0.39 is 5.60 Å². The van der Waals surface area contributed by atoms with Gasteiger partial charge in [-0.15, -0.1) is 0 Å². The molecule has 1 aromatic heterocycles. The van der Waals surface area contributed by atoms with Crippen molar-refractivity contribution in [2.24, 2.45) is 0 Å². The van der Waals surface area contributed by atoms with Crippen molar-refractivity contribution in [3.8, 4) is 0 Å². The van der Waals surface area contributed by atoms with Crippen LogP contribution in [0.1, 0.15) is 44.9 Å². The van der Waals surface area contributed by atoms with E-state index in [2.05, 4.69) is 15.5 Å². The Morgan fingerprint density at radius 2 is 2.10 bits per heavy atom. The van der Waals surface area contributed by atoms with Gasteiger partial charge in [-0.1, -0.05) is 0 Å². The van der Waals surface area contributed by atoms with E-state index in [4.69, 9.17) is 4.74 Å². The van der Waals surface area contributed by atoms with Crippen molar-refractivity contribution in [3.63, 3.8) is 0 Å². The molecule has 0 atom stereocenters. The van der Waals surface area contributed by atoms with Gasteiger partial charge in [0.1, 0.15) is 5.60 Å². The van der Waals surface area contributed by atoms with Gasteiger partial charge in [-0.05, 0) is 45.6 Å². The molecular formula is C15H24N4O2. The number of hydrogen-bond acceptors (Lipinski definition) is 4. The number of carbonyl (C=O) groups excluding carboxylic acids is 1. The summed E-state index contributed by atoms with van der Waals surface area (Å²) in [5.41, 5.74) is 2.17. The monoisotopic (exact) mass is 292 g/mol. The standard InChI is InChI=1S/C15H24N4O2/c1-14(2,3)21-13(20)19-6-4-15(5-7-19)8-11-9-17-18-12(11)10-16-15/h9,16H,4-8,10H2,1-3H3,(H,17,18). The lowest BCUT2D eigenvalue weighted by Crippen LogP contribution is -2.57. The molecule has 1 amide bonds. The largest absolute Gasteiger partial charge is 0.444 e. The summed E-state index contributed by atoms with van der Waals surface area (Å²) >= 11 is 0. The number of nitrogens with one attached hydrogen (secondary N) is 2. The zero-order valence-corrected chi connectivity index (χ0v) is 13.0. The van der Waals surface area contributed by atoms with Crippen molar-refractivity contribution in [1.82, 2.24) is 20.4 Å². The first-order chi connectivity index (χ1) is 9.87. The average Bonchev–Trinajstić information content (AvgIpc) is 2.84. The molecule has 116 valence electrons. The molecule has 2 N–H and O–H groups in total. The Balaban J connectivity index is 1.60. The zero-order chi connectivity index (χ0) is 15.1. The van der Waals surface area contributed by atoms with Gasteiger partial charge in [0.25, 0.3) is 0 Å². The molecule has 2 aliphatic rings. The first kappa shape index (κ1) is 14.4. The van der Waals surface area contributed by atoms with E-state index in [-0.39, 0.29) is 11.6 Å². The summed E-state index contributed by atoms with van der Waals surface area (Å²) in [5.74, 6) is 0. The van der Waals surface area contributed by atoms with Crippen LogP contribution in [0.3, 0.4) is 0 Å². The van der Waals surface area contributed by atoms with Gasteiger partial charge in [0.2, 0.25) is 0 Å². The second-order valence-corrected chi connectivity index (χ2v) is 7.15. The molecule has 0 aliphatic carbocycles. The number of amides is 1. The maximum absolute atomic E-state index is 12.1. The predicted octanol–water partition coefficient (Wildman–Crippen LogP) is 1.83. The molecule has 2 aliphatic heterocycles. The van der Waals surface area contributed by atoms with Gasteiger partial charge < -0.3 is 15.0 Å². The summed E-state index contributed by atoms with van der Waals surface area (Å²) in [7, 11) is 0. The van der Waals surface area contributed by atoms with Crippen molar-refractivity contribution in [1.29, 1.82) is 0 Å². The topological polar surface area (TPSA) is 70.2 Å². The van der Waals surface area contributed by atoms with Gasteiger partial charge in [-0.25, -0.2) is 4.79 Å². The molecule has 1 fully saturated rings. The van der Waals surface area contributed by atoms with E-state index in [1.807, 2.05) is 31.9 Å². The van der Waals surface area contributed by atoms with Crippen molar-refractivity contribution < 1.29 is 9.53 Å². The number of aromatic nitrogens is 2. The highest BCUT2D eigenvalue weighted by Crippen LogP contribution is 2.31. The molecule has 0 unspecified atom stereocenters. The Bertz CT molecular complexity index is 524. The van der Waals surface area contributed by atoms with Crippen LogP contribution in [-0.4, -0.2) is 45.4 Å². The van der Waals surface area contributed by atoms with E-state index in [1.54, 1.807) is 0 Å². The Kier molecular flexibility index (Phi) is 3.43. The Morgan fingerprint density at radius 1 is 1.38 bits per heavy atom. The third-order valence-electron chi connectivity index (χ3n) is 4.35. The first-order valence-electron chi connectivity index (χ1n) is 7.61. The Labute approximate surface area is 125 Å². The SMILES string of the molecule is CC(C)(C)OC(=O)N1CCC2(CC1)Cc1cn[nH]c1CN2. The maximum atomic E-state index is 12.1. The van der Waals surface area contributed by atoms with Crippen LogP contribution < -0.4 is 5.32 Å². The highest BCUT2D eigenvalue weighted by Gasteiger charge is 2.39. The van der Waals surface area contributed by atoms with Crippen LogP contribution in [0.2, 0.25) is 0 Å². The highest BCUT2D eigenvalue weighted by atomic mass is 16.6. The number of H-pyrrole nitrogens is 1. The Morgan fingerprint density at radius 3 is 2.76 bits per heavy atom. The molecule has 21 heavy (non-hydrogen) atoms. The average molecular weight is 292 g/mol. The third-order valence-corrected chi connectivity index (χ3v) is 4.35. The summed E-state index contributed by atoms with van der Waals surface area (Å²) in [6.07, 6.45) is 4.63. The van der Waals surface area contributed by atoms with E-state index >= 15 is 0 Å².